The molecule has 1 aromatic rings. The average Bonchev–Trinajstić information content (AvgIpc) is 2.88. The van der Waals surface area contributed by atoms with Crippen molar-refractivity contribution in [1.29, 1.82) is 0 Å². The highest BCUT2D eigenvalue weighted by Crippen LogP contribution is 2.20. The number of nitrogens with zero attached hydrogens (tertiary/aromatic N) is 1. The summed E-state index contributed by atoms with van der Waals surface area (Å²) in [5, 5.41) is 5.01. The largest absolute Gasteiger partial charge is 0.319 e. The predicted octanol–water partition coefficient (Wildman–Crippen LogP) is 2.18. The van der Waals surface area contributed by atoms with Gasteiger partial charge in [-0.2, -0.15) is 4.31 Å². The third-order valence-corrected chi connectivity index (χ3v) is 5.19. The number of nitrogens with one attached hydrogen (secondary N) is 1. The summed E-state index contributed by atoms with van der Waals surface area (Å²) in [6.45, 7) is 2.04. The van der Waals surface area contributed by atoms with E-state index in [0.717, 1.165) is 18.5 Å². The van der Waals surface area contributed by atoms with Crippen LogP contribution in [0, 0.1) is 5.92 Å². The van der Waals surface area contributed by atoms with Gasteiger partial charge >= 0.3 is 0 Å². The second kappa shape index (κ2) is 6.72. The Morgan fingerprint density at radius 2 is 2.10 bits per heavy atom. The van der Waals surface area contributed by atoms with E-state index in [2.05, 4.69) is 5.32 Å². The maximum atomic E-state index is 12.2. The fourth-order valence-corrected chi connectivity index (χ4v) is 3.71. The average molecular weight is 315 g/mol. The number of benzene rings is 1. The van der Waals surface area contributed by atoms with Gasteiger partial charge in [0, 0.05) is 23.5 Å². The summed E-state index contributed by atoms with van der Waals surface area (Å²) >= 11 is 5.79. The summed E-state index contributed by atoms with van der Waals surface area (Å²) in [7, 11) is -1.44. The molecule has 1 heterocycles. The number of hydrogen-bond acceptors (Lipinski definition) is 3. The van der Waals surface area contributed by atoms with Crippen LogP contribution in [0.1, 0.15) is 12.0 Å². The third-order valence-electron chi connectivity index (χ3n) is 3.40. The van der Waals surface area contributed by atoms with Gasteiger partial charge in [0.2, 0.25) is 10.0 Å². The minimum Gasteiger partial charge on any atom is -0.319 e. The minimum absolute atomic E-state index is 0.402. The molecule has 4 nitrogen and oxygen atoms in total. The van der Waals surface area contributed by atoms with Crippen LogP contribution in [0.5, 0.6) is 0 Å². The molecule has 1 aliphatic heterocycles. The van der Waals surface area contributed by atoms with Gasteiger partial charge in [-0.05, 0) is 49.7 Å². The molecule has 1 aromatic carbocycles. The van der Waals surface area contributed by atoms with Crippen LogP contribution in [-0.4, -0.2) is 39.4 Å². The molecule has 1 saturated heterocycles. The van der Waals surface area contributed by atoms with Crippen LogP contribution in [0.3, 0.4) is 0 Å². The molecule has 2 rings (SSSR count). The van der Waals surface area contributed by atoms with Gasteiger partial charge in [-0.25, -0.2) is 8.42 Å². The lowest BCUT2D eigenvalue weighted by molar-refractivity contribution is 0.457. The van der Waals surface area contributed by atoms with Crippen molar-refractivity contribution in [1.82, 2.24) is 9.62 Å². The van der Waals surface area contributed by atoms with Gasteiger partial charge in [0.25, 0.3) is 0 Å². The van der Waals surface area contributed by atoms with Crippen molar-refractivity contribution in [3.8, 4) is 0 Å². The second-order valence-corrected chi connectivity index (χ2v) is 7.22. The van der Waals surface area contributed by atoms with Gasteiger partial charge in [0.15, 0.2) is 0 Å². The Morgan fingerprint density at radius 1 is 1.40 bits per heavy atom. The van der Waals surface area contributed by atoms with Gasteiger partial charge in [-0.15, -0.1) is 0 Å². The highest BCUT2D eigenvalue weighted by molar-refractivity contribution is 7.92. The Bertz CT molecular complexity index is 569. The minimum atomic E-state index is -3.33. The molecule has 0 aromatic heterocycles. The first-order valence-corrected chi connectivity index (χ1v) is 8.48. The monoisotopic (exact) mass is 314 g/mol. The van der Waals surface area contributed by atoms with Gasteiger partial charge in [0.05, 0.1) is 0 Å². The lowest BCUT2D eigenvalue weighted by Crippen LogP contribution is -2.28. The van der Waals surface area contributed by atoms with Crippen LogP contribution in [0.25, 0.3) is 6.08 Å². The lowest BCUT2D eigenvalue weighted by atomic mass is 10.1. The molecule has 1 unspecified atom stereocenters. The van der Waals surface area contributed by atoms with E-state index in [1.54, 1.807) is 34.6 Å². The first-order valence-electron chi connectivity index (χ1n) is 6.59. The Morgan fingerprint density at radius 3 is 2.75 bits per heavy atom. The van der Waals surface area contributed by atoms with Crippen molar-refractivity contribution in [3.63, 3.8) is 0 Å². The topological polar surface area (TPSA) is 49.4 Å². The van der Waals surface area contributed by atoms with Crippen LogP contribution < -0.4 is 5.32 Å². The molecule has 0 amide bonds. The Kier molecular flexibility index (Phi) is 5.21. The summed E-state index contributed by atoms with van der Waals surface area (Å²) in [6.07, 6.45) is 2.52. The van der Waals surface area contributed by atoms with Crippen molar-refractivity contribution in [2.45, 2.75) is 6.42 Å². The summed E-state index contributed by atoms with van der Waals surface area (Å²) in [6, 6.07) is 7.07. The molecule has 0 aliphatic carbocycles. The van der Waals surface area contributed by atoms with Crippen molar-refractivity contribution in [2.24, 2.45) is 5.92 Å². The van der Waals surface area contributed by atoms with E-state index in [9.17, 15) is 8.42 Å². The molecule has 1 fully saturated rings. The molecule has 0 radical (unpaired) electrons. The first-order chi connectivity index (χ1) is 9.51. The van der Waals surface area contributed by atoms with Crippen LogP contribution in [0.2, 0.25) is 5.02 Å². The molecule has 0 spiro atoms. The van der Waals surface area contributed by atoms with Crippen molar-refractivity contribution < 1.29 is 8.42 Å². The Labute approximate surface area is 125 Å². The lowest BCUT2D eigenvalue weighted by Gasteiger charge is -2.13. The summed E-state index contributed by atoms with van der Waals surface area (Å²) < 4.78 is 26.0. The number of sulfonamides is 1. The van der Waals surface area contributed by atoms with E-state index < -0.39 is 10.0 Å². The second-order valence-electron chi connectivity index (χ2n) is 4.97. The number of halogens is 1. The van der Waals surface area contributed by atoms with E-state index in [1.807, 2.05) is 7.05 Å². The summed E-state index contributed by atoms with van der Waals surface area (Å²) in [4.78, 5) is 0. The van der Waals surface area contributed by atoms with Crippen molar-refractivity contribution >= 4 is 27.7 Å². The van der Waals surface area contributed by atoms with Gasteiger partial charge in [0.1, 0.15) is 0 Å². The molecule has 6 heteroatoms. The fourth-order valence-electron chi connectivity index (χ4n) is 2.31. The first kappa shape index (κ1) is 15.5. The highest BCUT2D eigenvalue weighted by Gasteiger charge is 2.29. The van der Waals surface area contributed by atoms with Gasteiger partial charge in [-0.1, -0.05) is 23.7 Å². The van der Waals surface area contributed by atoms with Crippen LogP contribution >= 0.6 is 11.6 Å². The van der Waals surface area contributed by atoms with E-state index in [0.29, 0.717) is 24.0 Å². The molecule has 1 atom stereocenters. The van der Waals surface area contributed by atoms with Crippen molar-refractivity contribution in [2.75, 3.05) is 26.7 Å². The van der Waals surface area contributed by atoms with Gasteiger partial charge < -0.3 is 5.32 Å². The zero-order valence-electron chi connectivity index (χ0n) is 11.4. The zero-order valence-corrected chi connectivity index (χ0v) is 13.0. The van der Waals surface area contributed by atoms with Crippen LogP contribution in [-0.2, 0) is 10.0 Å². The van der Waals surface area contributed by atoms with E-state index >= 15 is 0 Å². The molecular formula is C14H19ClN2O2S. The normalized spacial score (nSPS) is 20.8. The smallest absolute Gasteiger partial charge is 0.236 e. The summed E-state index contributed by atoms with van der Waals surface area (Å²) in [5.74, 6) is 0.402. The molecule has 0 bridgehead atoms. The van der Waals surface area contributed by atoms with E-state index in [4.69, 9.17) is 11.6 Å². The SMILES string of the molecule is CNCC1CCN(S(=O)(=O)C=Cc2ccc(Cl)cc2)C1. The molecule has 20 heavy (non-hydrogen) atoms. The molecule has 0 saturated carbocycles. The van der Waals surface area contributed by atoms with Crippen LogP contribution in [0.15, 0.2) is 29.7 Å². The zero-order chi connectivity index (χ0) is 14.6. The molecule has 110 valence electrons. The Balaban J connectivity index is 2.02. The molecular weight excluding hydrogens is 296 g/mol. The number of hydrogen-bond donors (Lipinski definition) is 1. The van der Waals surface area contributed by atoms with Crippen LogP contribution in [0.4, 0.5) is 0 Å². The number of rotatable bonds is 5. The van der Waals surface area contributed by atoms with Gasteiger partial charge in [-0.3, -0.25) is 0 Å². The highest BCUT2D eigenvalue weighted by atomic mass is 35.5. The third kappa shape index (κ3) is 4.06. The standard InChI is InChI=1S/C14H19ClN2O2S/c1-16-10-13-6-8-17(11-13)20(18,19)9-7-12-2-4-14(15)5-3-12/h2-5,7,9,13,16H,6,8,10-11H2,1H3. The fraction of sp³-hybridized carbons (Fsp3) is 0.429. The maximum Gasteiger partial charge on any atom is 0.236 e. The predicted molar refractivity (Wildman–Crippen MR) is 83.0 cm³/mol. The molecule has 1 N–H and O–H groups in total. The Hall–Kier alpha value is -0.880. The maximum absolute atomic E-state index is 12.2. The molecule has 1 aliphatic rings. The van der Waals surface area contributed by atoms with E-state index in [-0.39, 0.29) is 0 Å². The summed E-state index contributed by atoms with van der Waals surface area (Å²) in [5.41, 5.74) is 0.823. The van der Waals surface area contributed by atoms with Crippen molar-refractivity contribution in [3.05, 3.63) is 40.3 Å². The quantitative estimate of drug-likeness (QED) is 0.906. The van der Waals surface area contributed by atoms with E-state index in [1.165, 1.54) is 5.41 Å².